The molecule has 0 saturated carbocycles. The summed E-state index contributed by atoms with van der Waals surface area (Å²) in [6, 6.07) is 1.53. The molecule has 14 heavy (non-hydrogen) atoms. The average molecular weight is 198 g/mol. The van der Waals surface area contributed by atoms with Gasteiger partial charge in [-0.25, -0.2) is 0 Å². The minimum Gasteiger partial charge on any atom is -0.318 e. The van der Waals surface area contributed by atoms with Crippen LogP contribution in [0, 0.1) is 0 Å². The molecular weight excluding hydrogens is 172 g/mol. The lowest BCUT2D eigenvalue weighted by Gasteiger charge is -2.34. The molecule has 1 N–H and O–H groups in total. The number of rotatable bonds is 4. The highest BCUT2D eigenvalue weighted by molar-refractivity contribution is 4.79. The van der Waals surface area contributed by atoms with Gasteiger partial charge in [0.15, 0.2) is 0 Å². The monoisotopic (exact) mass is 198 g/mol. The van der Waals surface area contributed by atoms with Crippen LogP contribution in [-0.2, 0) is 0 Å². The van der Waals surface area contributed by atoms with Crippen molar-refractivity contribution in [1.82, 2.24) is 10.2 Å². The fraction of sp³-hybridized carbons (Fsp3) is 1.00. The highest BCUT2D eigenvalue weighted by Crippen LogP contribution is 2.19. The van der Waals surface area contributed by atoms with E-state index in [-0.39, 0.29) is 0 Å². The Labute approximate surface area is 89.1 Å². The second kappa shape index (κ2) is 6.41. The fourth-order valence-corrected chi connectivity index (χ4v) is 2.57. The summed E-state index contributed by atoms with van der Waals surface area (Å²) in [6.07, 6.45) is 6.90. The summed E-state index contributed by atoms with van der Waals surface area (Å²) in [5.41, 5.74) is 0. The van der Waals surface area contributed by atoms with Gasteiger partial charge in [-0.15, -0.1) is 0 Å². The molecular formula is C12H26N2. The first-order valence-electron chi connectivity index (χ1n) is 6.20. The predicted octanol–water partition coefficient (Wildman–Crippen LogP) is 2.25. The Morgan fingerprint density at radius 1 is 1.36 bits per heavy atom. The van der Waals surface area contributed by atoms with E-state index in [2.05, 4.69) is 31.1 Å². The lowest BCUT2D eigenvalue weighted by atomic mass is 10.1. The van der Waals surface area contributed by atoms with Crippen molar-refractivity contribution < 1.29 is 0 Å². The van der Waals surface area contributed by atoms with Crippen LogP contribution in [0.2, 0.25) is 0 Å². The van der Waals surface area contributed by atoms with Crippen LogP contribution in [0.5, 0.6) is 0 Å². The molecule has 2 unspecified atom stereocenters. The zero-order valence-corrected chi connectivity index (χ0v) is 10.1. The third kappa shape index (κ3) is 3.25. The zero-order chi connectivity index (χ0) is 10.4. The summed E-state index contributed by atoms with van der Waals surface area (Å²) in [6.45, 7) is 7.14. The van der Waals surface area contributed by atoms with Crippen LogP contribution in [0.25, 0.3) is 0 Å². The van der Waals surface area contributed by atoms with Crippen LogP contribution in [0.1, 0.15) is 46.0 Å². The van der Waals surface area contributed by atoms with E-state index in [1.165, 1.54) is 38.6 Å². The van der Waals surface area contributed by atoms with E-state index in [4.69, 9.17) is 0 Å². The molecule has 2 atom stereocenters. The summed E-state index contributed by atoms with van der Waals surface area (Å²) in [5.74, 6) is 0. The molecule has 0 spiro atoms. The third-order valence-corrected chi connectivity index (χ3v) is 3.48. The van der Waals surface area contributed by atoms with Crippen LogP contribution < -0.4 is 5.32 Å². The standard InChI is InChI=1S/C12H26N2/c1-4-12(10-13-3)14-9-7-5-6-8-11(14)2/h11-13H,4-10H2,1-3H3. The van der Waals surface area contributed by atoms with E-state index in [9.17, 15) is 0 Å². The minimum absolute atomic E-state index is 0.744. The van der Waals surface area contributed by atoms with Crippen molar-refractivity contribution >= 4 is 0 Å². The molecule has 0 bridgehead atoms. The smallest absolute Gasteiger partial charge is 0.0220 e. The van der Waals surface area contributed by atoms with Crippen molar-refractivity contribution in [3.8, 4) is 0 Å². The normalized spacial score (nSPS) is 27.2. The van der Waals surface area contributed by atoms with Crippen molar-refractivity contribution in [2.45, 2.75) is 58.0 Å². The van der Waals surface area contributed by atoms with Crippen LogP contribution in [0.4, 0.5) is 0 Å². The molecule has 1 saturated heterocycles. The van der Waals surface area contributed by atoms with Crippen molar-refractivity contribution in [3.05, 3.63) is 0 Å². The molecule has 1 aliphatic heterocycles. The minimum atomic E-state index is 0.744. The Morgan fingerprint density at radius 2 is 2.14 bits per heavy atom. The maximum absolute atomic E-state index is 3.32. The van der Waals surface area contributed by atoms with Gasteiger partial charge in [0.05, 0.1) is 0 Å². The Kier molecular flexibility index (Phi) is 5.49. The van der Waals surface area contributed by atoms with Gasteiger partial charge in [0.2, 0.25) is 0 Å². The average Bonchev–Trinajstić information content (AvgIpc) is 2.40. The maximum atomic E-state index is 3.32. The second-order valence-electron chi connectivity index (χ2n) is 4.56. The second-order valence-corrected chi connectivity index (χ2v) is 4.56. The molecule has 2 nitrogen and oxygen atoms in total. The van der Waals surface area contributed by atoms with E-state index < -0.39 is 0 Å². The molecule has 1 fully saturated rings. The van der Waals surface area contributed by atoms with E-state index in [1.54, 1.807) is 0 Å². The quantitative estimate of drug-likeness (QED) is 0.745. The lowest BCUT2D eigenvalue weighted by Crippen LogP contribution is -2.45. The predicted molar refractivity (Wildman–Crippen MR) is 62.6 cm³/mol. The van der Waals surface area contributed by atoms with Crippen molar-refractivity contribution in [1.29, 1.82) is 0 Å². The van der Waals surface area contributed by atoms with Crippen molar-refractivity contribution in [2.24, 2.45) is 0 Å². The molecule has 0 aromatic rings. The third-order valence-electron chi connectivity index (χ3n) is 3.48. The molecule has 2 heteroatoms. The summed E-state index contributed by atoms with van der Waals surface area (Å²) in [4.78, 5) is 2.71. The summed E-state index contributed by atoms with van der Waals surface area (Å²) < 4.78 is 0. The highest BCUT2D eigenvalue weighted by Gasteiger charge is 2.22. The molecule has 1 heterocycles. The molecule has 0 radical (unpaired) electrons. The lowest BCUT2D eigenvalue weighted by molar-refractivity contribution is 0.141. The van der Waals surface area contributed by atoms with Crippen LogP contribution >= 0.6 is 0 Å². The fourth-order valence-electron chi connectivity index (χ4n) is 2.57. The first kappa shape index (κ1) is 12.0. The first-order chi connectivity index (χ1) is 6.79. The Morgan fingerprint density at radius 3 is 2.79 bits per heavy atom. The van der Waals surface area contributed by atoms with Crippen LogP contribution in [-0.4, -0.2) is 37.1 Å². The Hall–Kier alpha value is -0.0800. The van der Waals surface area contributed by atoms with Gasteiger partial charge in [-0.1, -0.05) is 19.8 Å². The Bertz CT molecular complexity index is 147. The van der Waals surface area contributed by atoms with Gasteiger partial charge in [-0.2, -0.15) is 0 Å². The number of hydrogen-bond donors (Lipinski definition) is 1. The number of nitrogens with zero attached hydrogens (tertiary/aromatic N) is 1. The Balaban J connectivity index is 2.51. The molecule has 1 rings (SSSR count). The van der Waals surface area contributed by atoms with E-state index in [0.717, 1.165) is 18.6 Å². The van der Waals surface area contributed by atoms with Crippen molar-refractivity contribution in [3.63, 3.8) is 0 Å². The molecule has 0 aliphatic carbocycles. The van der Waals surface area contributed by atoms with Crippen LogP contribution in [0.3, 0.4) is 0 Å². The van der Waals surface area contributed by atoms with Gasteiger partial charge in [0, 0.05) is 18.6 Å². The largest absolute Gasteiger partial charge is 0.318 e. The summed E-state index contributed by atoms with van der Waals surface area (Å²) in [5, 5.41) is 3.32. The summed E-state index contributed by atoms with van der Waals surface area (Å²) >= 11 is 0. The van der Waals surface area contributed by atoms with Crippen molar-refractivity contribution in [2.75, 3.05) is 20.1 Å². The van der Waals surface area contributed by atoms with Gasteiger partial charge in [-0.3, -0.25) is 4.90 Å². The van der Waals surface area contributed by atoms with Gasteiger partial charge in [0.25, 0.3) is 0 Å². The van der Waals surface area contributed by atoms with Gasteiger partial charge < -0.3 is 5.32 Å². The maximum Gasteiger partial charge on any atom is 0.0220 e. The van der Waals surface area contributed by atoms with Gasteiger partial charge in [-0.05, 0) is 39.8 Å². The molecule has 0 amide bonds. The van der Waals surface area contributed by atoms with Gasteiger partial charge in [0.1, 0.15) is 0 Å². The van der Waals surface area contributed by atoms with E-state index in [0.29, 0.717) is 0 Å². The number of hydrogen-bond acceptors (Lipinski definition) is 2. The zero-order valence-electron chi connectivity index (χ0n) is 10.1. The molecule has 84 valence electrons. The first-order valence-corrected chi connectivity index (χ1v) is 6.20. The van der Waals surface area contributed by atoms with E-state index in [1.807, 2.05) is 0 Å². The summed E-state index contributed by atoms with van der Waals surface area (Å²) in [7, 11) is 2.06. The number of nitrogens with one attached hydrogen (secondary N) is 1. The SMILES string of the molecule is CCC(CNC)N1CCCCCC1C. The van der Waals surface area contributed by atoms with Crippen LogP contribution in [0.15, 0.2) is 0 Å². The molecule has 0 aromatic carbocycles. The highest BCUT2D eigenvalue weighted by atomic mass is 15.2. The van der Waals surface area contributed by atoms with Gasteiger partial charge >= 0.3 is 0 Å². The van der Waals surface area contributed by atoms with E-state index >= 15 is 0 Å². The number of likely N-dealkylation sites (tertiary alicyclic amines) is 1. The molecule has 1 aliphatic rings. The topological polar surface area (TPSA) is 15.3 Å². The molecule has 0 aromatic heterocycles. The number of likely N-dealkylation sites (N-methyl/N-ethyl adjacent to an activating group) is 1.